The molecule has 4 rings (SSSR count). The molecule has 5 nitrogen and oxygen atoms in total. The maximum atomic E-state index is 11.7. The maximum absolute atomic E-state index is 11.7. The predicted molar refractivity (Wildman–Crippen MR) is 104 cm³/mol. The molecule has 2 atom stereocenters. The normalized spacial score (nSPS) is 21.9. The lowest BCUT2D eigenvalue weighted by atomic mass is 9.93. The number of aryl methyl sites for hydroxylation is 1. The molecule has 142 valence electrons. The molecule has 2 aliphatic rings. The van der Waals surface area contributed by atoms with Crippen molar-refractivity contribution in [1.29, 1.82) is 0 Å². The summed E-state index contributed by atoms with van der Waals surface area (Å²) in [5.41, 5.74) is 3.73. The maximum Gasteiger partial charge on any atom is 0.217 e. The fraction of sp³-hybridized carbons (Fsp3) is 0.409. The second kappa shape index (κ2) is 7.61. The lowest BCUT2D eigenvalue weighted by molar-refractivity contribution is -0.119. The van der Waals surface area contributed by atoms with Gasteiger partial charge in [0, 0.05) is 38.5 Å². The fourth-order valence-electron chi connectivity index (χ4n) is 4.02. The zero-order chi connectivity index (χ0) is 18.8. The number of fused-ring (bicyclic) bond motifs is 1. The number of nitrogens with one attached hydrogen (secondary N) is 1. The number of benzene rings is 2. The minimum absolute atomic E-state index is 0.0262. The van der Waals surface area contributed by atoms with Crippen LogP contribution < -0.4 is 14.8 Å². The van der Waals surface area contributed by atoms with E-state index in [1.807, 2.05) is 6.07 Å². The molecule has 0 bridgehead atoms. The van der Waals surface area contributed by atoms with Gasteiger partial charge in [0.05, 0.1) is 0 Å². The van der Waals surface area contributed by atoms with Crippen molar-refractivity contribution in [2.45, 2.75) is 32.4 Å². The Kier molecular flexibility index (Phi) is 5.03. The molecule has 1 saturated heterocycles. The van der Waals surface area contributed by atoms with Crippen LogP contribution in [-0.2, 0) is 11.3 Å². The molecule has 0 spiro atoms. The molecule has 27 heavy (non-hydrogen) atoms. The van der Waals surface area contributed by atoms with Gasteiger partial charge in [-0.3, -0.25) is 9.69 Å². The van der Waals surface area contributed by atoms with E-state index < -0.39 is 0 Å². The minimum Gasteiger partial charge on any atom is -0.486 e. The molecule has 0 aromatic heterocycles. The summed E-state index contributed by atoms with van der Waals surface area (Å²) in [6, 6.07) is 14.9. The van der Waals surface area contributed by atoms with Crippen molar-refractivity contribution in [2.75, 3.05) is 26.3 Å². The highest BCUT2D eigenvalue weighted by Gasteiger charge is 2.34. The molecule has 1 fully saturated rings. The average molecular weight is 366 g/mol. The Morgan fingerprint density at radius 1 is 1.07 bits per heavy atom. The highest BCUT2D eigenvalue weighted by Crippen LogP contribution is 2.33. The number of likely N-dealkylation sites (tertiary alicyclic amines) is 1. The Hall–Kier alpha value is -2.53. The van der Waals surface area contributed by atoms with Crippen LogP contribution in [-0.4, -0.2) is 43.2 Å². The van der Waals surface area contributed by atoms with Gasteiger partial charge in [-0.15, -0.1) is 0 Å². The molecule has 5 heteroatoms. The van der Waals surface area contributed by atoms with Crippen LogP contribution in [0.15, 0.2) is 42.5 Å². The van der Waals surface area contributed by atoms with Crippen LogP contribution in [0.3, 0.4) is 0 Å². The number of ether oxygens (including phenoxy) is 2. The molecule has 2 heterocycles. The van der Waals surface area contributed by atoms with Crippen molar-refractivity contribution in [3.63, 3.8) is 0 Å². The van der Waals surface area contributed by atoms with E-state index in [9.17, 15) is 4.79 Å². The predicted octanol–water partition coefficient (Wildman–Crippen LogP) is 2.87. The molecule has 2 aromatic rings. The molecule has 2 unspecified atom stereocenters. The molecule has 2 aromatic carbocycles. The van der Waals surface area contributed by atoms with Crippen molar-refractivity contribution < 1.29 is 14.3 Å². The summed E-state index contributed by atoms with van der Waals surface area (Å²) >= 11 is 0. The van der Waals surface area contributed by atoms with Crippen LogP contribution in [0.1, 0.15) is 29.5 Å². The van der Waals surface area contributed by atoms with Crippen molar-refractivity contribution in [3.8, 4) is 11.5 Å². The van der Waals surface area contributed by atoms with E-state index in [0.29, 0.717) is 19.1 Å². The second-order valence-electron chi connectivity index (χ2n) is 7.50. The Labute approximate surface area is 160 Å². The summed E-state index contributed by atoms with van der Waals surface area (Å²) in [5.74, 6) is 1.97. The number of amides is 1. The van der Waals surface area contributed by atoms with E-state index in [-0.39, 0.29) is 11.9 Å². The smallest absolute Gasteiger partial charge is 0.217 e. The molecule has 1 amide bonds. The molecule has 0 aliphatic carbocycles. The number of rotatable bonds is 4. The SMILES string of the molecule is CC(=O)NC1CN(Cc2ccc3c(c2)OCCO3)CC1c1ccc(C)cc1. The zero-order valence-corrected chi connectivity index (χ0v) is 15.9. The fourth-order valence-corrected chi connectivity index (χ4v) is 4.02. The third-order valence-corrected chi connectivity index (χ3v) is 5.30. The lowest BCUT2D eigenvalue weighted by Crippen LogP contribution is -2.38. The van der Waals surface area contributed by atoms with Gasteiger partial charge in [0.2, 0.25) is 5.91 Å². The summed E-state index contributed by atoms with van der Waals surface area (Å²) in [5, 5.41) is 3.15. The minimum atomic E-state index is 0.0262. The Bertz CT molecular complexity index is 819. The Balaban J connectivity index is 1.50. The first-order valence-electron chi connectivity index (χ1n) is 9.53. The van der Waals surface area contributed by atoms with Gasteiger partial charge in [0.25, 0.3) is 0 Å². The number of nitrogens with zero attached hydrogens (tertiary/aromatic N) is 1. The largest absolute Gasteiger partial charge is 0.486 e. The van der Waals surface area contributed by atoms with Crippen molar-refractivity contribution in [1.82, 2.24) is 10.2 Å². The number of carbonyl (C=O) groups excluding carboxylic acids is 1. The molecular formula is C22H26N2O3. The summed E-state index contributed by atoms with van der Waals surface area (Å²) in [4.78, 5) is 14.1. The average Bonchev–Trinajstić information content (AvgIpc) is 3.03. The number of carbonyl (C=O) groups is 1. The monoisotopic (exact) mass is 366 g/mol. The van der Waals surface area contributed by atoms with Gasteiger partial charge < -0.3 is 14.8 Å². The van der Waals surface area contributed by atoms with Crippen molar-refractivity contribution >= 4 is 5.91 Å². The van der Waals surface area contributed by atoms with E-state index in [2.05, 4.69) is 53.5 Å². The molecule has 2 aliphatic heterocycles. The van der Waals surface area contributed by atoms with Crippen molar-refractivity contribution in [2.24, 2.45) is 0 Å². The van der Waals surface area contributed by atoms with E-state index in [0.717, 1.165) is 31.1 Å². The standard InChI is InChI=1S/C22H26N2O3/c1-15-3-6-18(7-4-15)19-13-24(14-20(19)23-16(2)25)12-17-5-8-21-22(11-17)27-10-9-26-21/h3-8,11,19-20H,9-10,12-14H2,1-2H3,(H,23,25). The van der Waals surface area contributed by atoms with Crippen LogP contribution >= 0.6 is 0 Å². The quantitative estimate of drug-likeness (QED) is 0.904. The van der Waals surface area contributed by atoms with E-state index >= 15 is 0 Å². The van der Waals surface area contributed by atoms with Crippen molar-refractivity contribution in [3.05, 3.63) is 59.2 Å². The van der Waals surface area contributed by atoms with Crippen LogP contribution in [0.25, 0.3) is 0 Å². The van der Waals surface area contributed by atoms with Crippen LogP contribution in [0, 0.1) is 6.92 Å². The summed E-state index contributed by atoms with van der Waals surface area (Å²) < 4.78 is 11.3. The Morgan fingerprint density at radius 2 is 1.81 bits per heavy atom. The highest BCUT2D eigenvalue weighted by molar-refractivity contribution is 5.73. The second-order valence-corrected chi connectivity index (χ2v) is 7.50. The van der Waals surface area contributed by atoms with Crippen LogP contribution in [0.2, 0.25) is 0 Å². The van der Waals surface area contributed by atoms with Gasteiger partial charge in [-0.25, -0.2) is 0 Å². The van der Waals surface area contributed by atoms with Gasteiger partial charge in [-0.1, -0.05) is 35.9 Å². The van der Waals surface area contributed by atoms with E-state index in [1.54, 1.807) is 6.92 Å². The first-order valence-corrected chi connectivity index (χ1v) is 9.53. The lowest BCUT2D eigenvalue weighted by Gasteiger charge is -2.21. The topological polar surface area (TPSA) is 50.8 Å². The van der Waals surface area contributed by atoms with Gasteiger partial charge in [0.1, 0.15) is 13.2 Å². The molecule has 0 saturated carbocycles. The van der Waals surface area contributed by atoms with E-state index in [4.69, 9.17) is 9.47 Å². The number of hydrogen-bond donors (Lipinski definition) is 1. The molecule has 0 radical (unpaired) electrons. The summed E-state index contributed by atoms with van der Waals surface area (Å²) in [7, 11) is 0. The van der Waals surface area contributed by atoms with E-state index in [1.165, 1.54) is 16.7 Å². The first-order chi connectivity index (χ1) is 13.1. The molecular weight excluding hydrogens is 340 g/mol. The Morgan fingerprint density at radius 3 is 2.56 bits per heavy atom. The van der Waals surface area contributed by atoms with Gasteiger partial charge in [-0.05, 0) is 30.2 Å². The van der Waals surface area contributed by atoms with Crippen LogP contribution in [0.4, 0.5) is 0 Å². The van der Waals surface area contributed by atoms with Gasteiger partial charge >= 0.3 is 0 Å². The highest BCUT2D eigenvalue weighted by atomic mass is 16.6. The van der Waals surface area contributed by atoms with Gasteiger partial charge in [0.15, 0.2) is 11.5 Å². The first kappa shape index (κ1) is 17.9. The summed E-state index contributed by atoms with van der Waals surface area (Å²) in [6.07, 6.45) is 0. The third-order valence-electron chi connectivity index (χ3n) is 5.30. The zero-order valence-electron chi connectivity index (χ0n) is 15.9. The third kappa shape index (κ3) is 4.08. The summed E-state index contributed by atoms with van der Waals surface area (Å²) in [6.45, 7) is 7.48. The molecule has 1 N–H and O–H groups in total. The van der Waals surface area contributed by atoms with Gasteiger partial charge in [-0.2, -0.15) is 0 Å². The number of hydrogen-bond acceptors (Lipinski definition) is 4. The van der Waals surface area contributed by atoms with Crippen LogP contribution in [0.5, 0.6) is 11.5 Å².